The molecule has 0 amide bonds. The number of hydrogen-bond acceptors (Lipinski definition) is 2. The van der Waals surface area contributed by atoms with E-state index in [0.717, 1.165) is 4.57 Å². The van der Waals surface area contributed by atoms with E-state index in [-0.39, 0.29) is 6.42 Å². The van der Waals surface area contributed by atoms with Crippen LogP contribution in [-0.2, 0) is 19.6 Å². The quantitative estimate of drug-likeness (QED) is 0.186. The van der Waals surface area contributed by atoms with E-state index in [4.69, 9.17) is 0 Å². The van der Waals surface area contributed by atoms with Crippen molar-refractivity contribution >= 4 is 45.0 Å². The summed E-state index contributed by atoms with van der Waals surface area (Å²) in [5.74, 6) is -0.862. The number of para-hydroxylation sites is 3. The topological polar surface area (TPSA) is 30.2 Å². The summed E-state index contributed by atoms with van der Waals surface area (Å²) in [7, 11) is 1.36. The number of hydrogen-bond donors (Lipinski definition) is 0. The lowest BCUT2D eigenvalue weighted by molar-refractivity contribution is -0.146. The van der Waals surface area contributed by atoms with Crippen LogP contribution in [0.5, 0.6) is 0 Å². The SMILES string of the molecule is CI.Cn1c(C(F)(F)F)nc2ccccc21.FC(F)(F)C1=Nc2ccccc2C1. The van der Waals surface area contributed by atoms with Crippen LogP contribution in [0.2, 0.25) is 0 Å². The largest absolute Gasteiger partial charge is 0.449 e. The number of alkyl halides is 7. The van der Waals surface area contributed by atoms with Crippen LogP contribution in [0.15, 0.2) is 53.5 Å². The van der Waals surface area contributed by atoms with E-state index < -0.39 is 23.9 Å². The second kappa shape index (κ2) is 9.14. The third-order valence-corrected chi connectivity index (χ3v) is 3.97. The summed E-state index contributed by atoms with van der Waals surface area (Å²) < 4.78 is 74.8. The van der Waals surface area contributed by atoms with Crippen LogP contribution in [0, 0.1) is 0 Å². The zero-order valence-corrected chi connectivity index (χ0v) is 17.5. The fourth-order valence-corrected chi connectivity index (χ4v) is 2.70. The summed E-state index contributed by atoms with van der Waals surface area (Å²) in [4.78, 5) is 9.01. The normalized spacial score (nSPS) is 13.1. The first-order valence-corrected chi connectivity index (χ1v) is 10.3. The van der Waals surface area contributed by atoms with Crippen molar-refractivity contribution in [1.29, 1.82) is 0 Å². The maximum atomic E-state index is 12.4. The summed E-state index contributed by atoms with van der Waals surface area (Å²) in [6, 6.07) is 13.2. The number of aliphatic imine (C=N–C) groups is 1. The maximum absolute atomic E-state index is 12.4. The van der Waals surface area contributed by atoms with Gasteiger partial charge >= 0.3 is 12.4 Å². The van der Waals surface area contributed by atoms with Crippen LogP contribution in [0.3, 0.4) is 0 Å². The van der Waals surface area contributed by atoms with Gasteiger partial charge in [-0.3, -0.25) is 0 Å². The van der Waals surface area contributed by atoms with Crippen LogP contribution >= 0.6 is 22.6 Å². The molecule has 29 heavy (non-hydrogen) atoms. The van der Waals surface area contributed by atoms with Crippen molar-refractivity contribution in [1.82, 2.24) is 9.55 Å². The molecule has 3 nitrogen and oxygen atoms in total. The van der Waals surface area contributed by atoms with Crippen LogP contribution < -0.4 is 0 Å². The lowest BCUT2D eigenvalue weighted by Crippen LogP contribution is -2.22. The summed E-state index contributed by atoms with van der Waals surface area (Å²) in [5, 5.41) is 0. The van der Waals surface area contributed by atoms with E-state index >= 15 is 0 Å². The molecule has 156 valence electrons. The monoisotopic (exact) mass is 527 g/mol. The van der Waals surface area contributed by atoms with Crippen molar-refractivity contribution in [2.75, 3.05) is 4.93 Å². The number of halogens is 7. The number of nitrogens with zero attached hydrogens (tertiary/aromatic N) is 3. The number of imidazole rings is 1. The van der Waals surface area contributed by atoms with E-state index in [0.29, 0.717) is 22.3 Å². The average Bonchev–Trinajstić information content (AvgIpc) is 3.26. The Kier molecular flexibility index (Phi) is 7.30. The minimum absolute atomic E-state index is 0.0975. The number of rotatable bonds is 0. The Labute approximate surface area is 176 Å². The van der Waals surface area contributed by atoms with E-state index in [1.807, 2.05) is 4.93 Å². The standard InChI is InChI=1S/C9H7F3N2.C9H6F3N.CH3I/c1-14-7-5-3-2-4-6(7)13-8(14)9(10,11)12;10-9(11,12)8-5-6-3-1-2-4-7(6)13-8;1-2/h2-5H,1H3;1-4H,5H2;1H3. The van der Waals surface area contributed by atoms with E-state index in [9.17, 15) is 26.3 Å². The molecule has 0 radical (unpaired) electrons. The molecule has 1 aromatic heterocycles. The van der Waals surface area contributed by atoms with Crippen LogP contribution in [-0.4, -0.2) is 26.4 Å². The summed E-state index contributed by atoms with van der Waals surface area (Å²) in [6.07, 6.45) is -8.79. The Balaban J connectivity index is 0.000000191. The van der Waals surface area contributed by atoms with Crippen LogP contribution in [0.1, 0.15) is 11.4 Å². The summed E-state index contributed by atoms with van der Waals surface area (Å²) >= 11 is 2.15. The molecule has 0 N–H and O–H groups in total. The predicted octanol–water partition coefficient (Wildman–Crippen LogP) is 6.52. The Morgan fingerprint density at radius 1 is 0.862 bits per heavy atom. The van der Waals surface area contributed by atoms with Gasteiger partial charge in [-0.2, -0.15) is 26.3 Å². The highest BCUT2D eigenvalue weighted by atomic mass is 127. The van der Waals surface area contributed by atoms with Gasteiger partial charge in [0.15, 0.2) is 0 Å². The summed E-state index contributed by atoms with van der Waals surface area (Å²) in [5.41, 5.74) is 1.24. The molecular formula is C19H16F6IN3. The Bertz CT molecular complexity index is 1010. The maximum Gasteiger partial charge on any atom is 0.449 e. The van der Waals surface area contributed by atoms with E-state index in [2.05, 4.69) is 32.6 Å². The van der Waals surface area contributed by atoms with Crippen LogP contribution in [0.25, 0.3) is 11.0 Å². The lowest BCUT2D eigenvalue weighted by atomic mass is 10.1. The van der Waals surface area contributed by atoms with Crippen LogP contribution in [0.4, 0.5) is 32.0 Å². The molecule has 1 aliphatic heterocycles. The molecule has 0 fully saturated rings. The van der Waals surface area contributed by atoms with E-state index in [1.54, 1.807) is 48.5 Å². The number of benzene rings is 2. The van der Waals surface area contributed by atoms with Gasteiger partial charge in [-0.15, -0.1) is 0 Å². The van der Waals surface area contributed by atoms with Gasteiger partial charge in [0.1, 0.15) is 5.71 Å². The van der Waals surface area contributed by atoms with Crippen molar-refractivity contribution < 1.29 is 26.3 Å². The molecular weight excluding hydrogens is 511 g/mol. The lowest BCUT2D eigenvalue weighted by Gasteiger charge is -2.05. The highest BCUT2D eigenvalue weighted by molar-refractivity contribution is 14.1. The van der Waals surface area contributed by atoms with Crippen molar-refractivity contribution in [3.63, 3.8) is 0 Å². The summed E-state index contributed by atoms with van der Waals surface area (Å²) in [6.45, 7) is 0. The number of fused-ring (bicyclic) bond motifs is 2. The fraction of sp³-hybridized carbons (Fsp3) is 0.263. The first-order chi connectivity index (χ1) is 13.6. The molecule has 0 bridgehead atoms. The number of aromatic nitrogens is 2. The van der Waals surface area contributed by atoms with Crippen molar-refractivity contribution in [3.05, 3.63) is 59.9 Å². The van der Waals surface area contributed by atoms with Gasteiger partial charge in [0.05, 0.1) is 16.7 Å². The molecule has 0 aliphatic carbocycles. The molecule has 2 heterocycles. The van der Waals surface area contributed by atoms with Gasteiger partial charge in [0.25, 0.3) is 0 Å². The molecule has 0 saturated carbocycles. The third-order valence-electron chi connectivity index (χ3n) is 3.97. The van der Waals surface area contributed by atoms with Crippen molar-refractivity contribution in [2.24, 2.45) is 12.0 Å². The van der Waals surface area contributed by atoms with Gasteiger partial charge in [-0.1, -0.05) is 52.9 Å². The molecule has 4 rings (SSSR count). The Morgan fingerprint density at radius 2 is 1.45 bits per heavy atom. The molecule has 10 heteroatoms. The van der Waals surface area contributed by atoms with Gasteiger partial charge in [-0.25, -0.2) is 9.98 Å². The molecule has 0 atom stereocenters. The Morgan fingerprint density at radius 3 is 2.00 bits per heavy atom. The minimum atomic E-state index is -4.40. The highest BCUT2D eigenvalue weighted by Gasteiger charge is 2.38. The average molecular weight is 527 g/mol. The zero-order valence-electron chi connectivity index (χ0n) is 15.3. The smallest absolute Gasteiger partial charge is 0.323 e. The number of aryl methyl sites for hydroxylation is 1. The molecule has 0 saturated heterocycles. The fourth-order valence-electron chi connectivity index (χ4n) is 2.70. The molecule has 2 aromatic carbocycles. The second-order valence-corrected chi connectivity index (χ2v) is 5.84. The molecule has 1 aliphatic rings. The first-order valence-electron chi connectivity index (χ1n) is 8.16. The minimum Gasteiger partial charge on any atom is -0.323 e. The first kappa shape index (κ1) is 23.2. The molecule has 3 aromatic rings. The van der Waals surface area contributed by atoms with Gasteiger partial charge in [0.2, 0.25) is 5.82 Å². The second-order valence-electron chi connectivity index (χ2n) is 5.84. The predicted molar refractivity (Wildman–Crippen MR) is 109 cm³/mol. The highest BCUT2D eigenvalue weighted by Crippen LogP contribution is 2.32. The van der Waals surface area contributed by atoms with E-state index in [1.165, 1.54) is 7.05 Å². The van der Waals surface area contributed by atoms with Crippen molar-refractivity contribution in [3.8, 4) is 0 Å². The molecule has 0 spiro atoms. The Hall–Kier alpha value is -2.11. The van der Waals surface area contributed by atoms with Crippen molar-refractivity contribution in [2.45, 2.75) is 18.8 Å². The molecule has 0 unspecified atom stereocenters. The van der Waals surface area contributed by atoms with Gasteiger partial charge in [0, 0.05) is 13.5 Å². The zero-order chi connectivity index (χ0) is 21.8. The van der Waals surface area contributed by atoms with Gasteiger partial charge in [-0.05, 0) is 28.7 Å². The third kappa shape index (κ3) is 5.49. The van der Waals surface area contributed by atoms with Gasteiger partial charge < -0.3 is 4.57 Å².